The predicted octanol–water partition coefficient (Wildman–Crippen LogP) is 3.40. The Kier molecular flexibility index (Phi) is 5.32. The summed E-state index contributed by atoms with van der Waals surface area (Å²) in [5.41, 5.74) is 0.674. The fourth-order valence-electron chi connectivity index (χ4n) is 1.92. The fraction of sp³-hybridized carbons (Fsp3) is 0.600. The van der Waals surface area contributed by atoms with E-state index >= 15 is 0 Å². The van der Waals surface area contributed by atoms with Crippen LogP contribution in [0.1, 0.15) is 45.0 Å². The van der Waals surface area contributed by atoms with Gasteiger partial charge >= 0.3 is 0 Å². The molecule has 0 aliphatic heterocycles. The second-order valence-corrected chi connectivity index (χ2v) is 5.65. The summed E-state index contributed by atoms with van der Waals surface area (Å²) < 4.78 is 0. The Bertz CT molecular complexity index is 372. The van der Waals surface area contributed by atoms with Crippen LogP contribution in [0.15, 0.2) is 18.3 Å². The number of rotatable bonds is 6. The minimum Gasteiger partial charge on any atom is -0.356 e. The molecule has 0 aliphatic rings. The molecule has 0 spiro atoms. The van der Waals surface area contributed by atoms with Crippen LogP contribution in [0, 0.1) is 11.8 Å². The smallest absolute Gasteiger partial charge is 0.161 e. The summed E-state index contributed by atoms with van der Waals surface area (Å²) in [6.45, 7) is 12.4. The van der Waals surface area contributed by atoms with Gasteiger partial charge in [-0.25, -0.2) is 4.98 Å². The van der Waals surface area contributed by atoms with E-state index in [9.17, 15) is 4.79 Å². The fourth-order valence-corrected chi connectivity index (χ4v) is 1.92. The van der Waals surface area contributed by atoms with Crippen LogP contribution in [-0.2, 0) is 0 Å². The number of hydrogen-bond donors (Lipinski definition) is 0. The standard InChI is InChI=1S/C15H24N2O/c1-11(2)9-17(10-12(3)4)15-7-6-14(8-16-15)13(5)18/h6-8,11-12H,9-10H2,1-5H3. The van der Waals surface area contributed by atoms with Gasteiger partial charge in [-0.2, -0.15) is 0 Å². The van der Waals surface area contributed by atoms with E-state index in [1.54, 1.807) is 13.1 Å². The molecule has 0 saturated heterocycles. The largest absolute Gasteiger partial charge is 0.356 e. The van der Waals surface area contributed by atoms with Crippen LogP contribution in [0.2, 0.25) is 0 Å². The van der Waals surface area contributed by atoms with Crippen molar-refractivity contribution in [2.24, 2.45) is 11.8 Å². The van der Waals surface area contributed by atoms with Gasteiger partial charge in [-0.05, 0) is 30.9 Å². The number of ketones is 1. The number of aromatic nitrogens is 1. The maximum Gasteiger partial charge on any atom is 0.161 e. The van der Waals surface area contributed by atoms with Crippen LogP contribution in [0.25, 0.3) is 0 Å². The zero-order valence-corrected chi connectivity index (χ0v) is 12.1. The molecule has 1 heterocycles. The number of carbonyl (C=O) groups excluding carboxylic acids is 1. The van der Waals surface area contributed by atoms with Gasteiger partial charge in [-0.15, -0.1) is 0 Å². The summed E-state index contributed by atoms with van der Waals surface area (Å²) in [5.74, 6) is 2.21. The number of pyridine rings is 1. The molecule has 1 aromatic rings. The van der Waals surface area contributed by atoms with Gasteiger partial charge in [0.2, 0.25) is 0 Å². The Morgan fingerprint density at radius 3 is 2.06 bits per heavy atom. The quantitative estimate of drug-likeness (QED) is 0.723. The van der Waals surface area contributed by atoms with Crippen molar-refractivity contribution in [3.63, 3.8) is 0 Å². The molecular weight excluding hydrogens is 224 g/mol. The van der Waals surface area contributed by atoms with E-state index in [2.05, 4.69) is 37.6 Å². The van der Waals surface area contributed by atoms with Crippen molar-refractivity contribution in [3.05, 3.63) is 23.9 Å². The van der Waals surface area contributed by atoms with Crippen LogP contribution >= 0.6 is 0 Å². The Morgan fingerprint density at radius 2 is 1.72 bits per heavy atom. The van der Waals surface area contributed by atoms with E-state index in [0.717, 1.165) is 18.9 Å². The maximum absolute atomic E-state index is 11.2. The van der Waals surface area contributed by atoms with E-state index in [0.29, 0.717) is 17.4 Å². The number of anilines is 1. The molecule has 0 saturated carbocycles. The van der Waals surface area contributed by atoms with Crippen LogP contribution < -0.4 is 4.90 Å². The first-order chi connectivity index (χ1) is 8.40. The monoisotopic (exact) mass is 248 g/mol. The summed E-state index contributed by atoms with van der Waals surface area (Å²) in [5, 5.41) is 0. The molecule has 18 heavy (non-hydrogen) atoms. The second-order valence-electron chi connectivity index (χ2n) is 5.65. The normalized spacial score (nSPS) is 11.1. The average molecular weight is 248 g/mol. The van der Waals surface area contributed by atoms with Gasteiger partial charge in [0.25, 0.3) is 0 Å². The van der Waals surface area contributed by atoms with Crippen molar-refractivity contribution < 1.29 is 4.79 Å². The molecule has 1 aromatic heterocycles. The molecular formula is C15H24N2O. The predicted molar refractivity (Wildman–Crippen MR) is 76.1 cm³/mol. The lowest BCUT2D eigenvalue weighted by Gasteiger charge is -2.27. The first kappa shape index (κ1) is 14.7. The van der Waals surface area contributed by atoms with Crippen molar-refractivity contribution in [2.45, 2.75) is 34.6 Å². The minimum absolute atomic E-state index is 0.0633. The third kappa shape index (κ3) is 4.47. The summed E-state index contributed by atoms with van der Waals surface area (Å²) in [7, 11) is 0. The van der Waals surface area contributed by atoms with Gasteiger partial charge < -0.3 is 4.90 Å². The van der Waals surface area contributed by atoms with Crippen molar-refractivity contribution in [1.29, 1.82) is 0 Å². The second kappa shape index (κ2) is 6.53. The Labute approximate surface area is 110 Å². The van der Waals surface area contributed by atoms with E-state index < -0.39 is 0 Å². The van der Waals surface area contributed by atoms with Gasteiger partial charge in [0.05, 0.1) is 0 Å². The molecule has 0 aliphatic carbocycles. The number of nitrogens with zero attached hydrogens (tertiary/aromatic N) is 2. The lowest BCUT2D eigenvalue weighted by molar-refractivity contribution is 0.101. The molecule has 0 aromatic carbocycles. The van der Waals surface area contributed by atoms with Gasteiger partial charge in [-0.3, -0.25) is 4.79 Å². The summed E-state index contributed by atoms with van der Waals surface area (Å²) in [6.07, 6.45) is 1.67. The third-order valence-corrected chi connectivity index (χ3v) is 2.65. The van der Waals surface area contributed by atoms with Crippen molar-refractivity contribution in [1.82, 2.24) is 4.98 Å². The van der Waals surface area contributed by atoms with Crippen LogP contribution in [-0.4, -0.2) is 23.9 Å². The highest BCUT2D eigenvalue weighted by Crippen LogP contribution is 2.15. The summed E-state index contributed by atoms with van der Waals surface area (Å²) in [6, 6.07) is 3.81. The molecule has 0 N–H and O–H groups in total. The van der Waals surface area contributed by atoms with Gasteiger partial charge in [0, 0.05) is 24.8 Å². The Hall–Kier alpha value is -1.38. The highest BCUT2D eigenvalue weighted by atomic mass is 16.1. The zero-order chi connectivity index (χ0) is 13.7. The maximum atomic E-state index is 11.2. The molecule has 0 fully saturated rings. The average Bonchev–Trinajstić information content (AvgIpc) is 2.27. The zero-order valence-electron chi connectivity index (χ0n) is 12.1. The van der Waals surface area contributed by atoms with Crippen molar-refractivity contribution >= 4 is 11.6 Å². The number of carbonyl (C=O) groups is 1. The number of hydrogen-bond acceptors (Lipinski definition) is 3. The molecule has 3 heteroatoms. The van der Waals surface area contributed by atoms with E-state index in [4.69, 9.17) is 0 Å². The first-order valence-electron chi connectivity index (χ1n) is 6.62. The molecule has 0 unspecified atom stereocenters. The highest BCUT2D eigenvalue weighted by molar-refractivity contribution is 5.93. The van der Waals surface area contributed by atoms with Crippen LogP contribution in [0.5, 0.6) is 0 Å². The molecule has 0 atom stereocenters. The Morgan fingerprint density at radius 1 is 1.17 bits per heavy atom. The Balaban J connectivity index is 2.87. The highest BCUT2D eigenvalue weighted by Gasteiger charge is 2.12. The molecule has 3 nitrogen and oxygen atoms in total. The van der Waals surface area contributed by atoms with Gasteiger partial charge in [-0.1, -0.05) is 27.7 Å². The van der Waals surface area contributed by atoms with Crippen molar-refractivity contribution in [2.75, 3.05) is 18.0 Å². The lowest BCUT2D eigenvalue weighted by Crippen LogP contribution is -2.32. The molecule has 0 amide bonds. The van der Waals surface area contributed by atoms with E-state index in [-0.39, 0.29) is 5.78 Å². The van der Waals surface area contributed by atoms with Crippen LogP contribution in [0.3, 0.4) is 0 Å². The molecule has 100 valence electrons. The van der Waals surface area contributed by atoms with E-state index in [1.165, 1.54) is 0 Å². The summed E-state index contributed by atoms with van der Waals surface area (Å²) >= 11 is 0. The van der Waals surface area contributed by atoms with E-state index in [1.807, 2.05) is 12.1 Å². The van der Waals surface area contributed by atoms with Crippen LogP contribution in [0.4, 0.5) is 5.82 Å². The topological polar surface area (TPSA) is 33.2 Å². The molecule has 0 radical (unpaired) electrons. The molecule has 1 rings (SSSR count). The van der Waals surface area contributed by atoms with Gasteiger partial charge in [0.15, 0.2) is 5.78 Å². The van der Waals surface area contributed by atoms with Crippen molar-refractivity contribution in [3.8, 4) is 0 Å². The third-order valence-electron chi connectivity index (χ3n) is 2.65. The SMILES string of the molecule is CC(=O)c1ccc(N(CC(C)C)CC(C)C)nc1. The minimum atomic E-state index is 0.0633. The lowest BCUT2D eigenvalue weighted by atomic mass is 10.1. The summed E-state index contributed by atoms with van der Waals surface area (Å²) in [4.78, 5) is 17.9. The first-order valence-corrected chi connectivity index (χ1v) is 6.62. The molecule has 0 bridgehead atoms. The van der Waals surface area contributed by atoms with Gasteiger partial charge in [0.1, 0.15) is 5.82 Å². The number of Topliss-reactive ketones (excluding diaryl/α,β-unsaturated/α-hetero) is 1.